The lowest BCUT2D eigenvalue weighted by atomic mass is 10.3. The van der Waals surface area contributed by atoms with Crippen molar-refractivity contribution in [3.63, 3.8) is 0 Å². The molecule has 0 aromatic carbocycles. The van der Waals surface area contributed by atoms with Crippen LogP contribution in [0.3, 0.4) is 0 Å². The van der Waals surface area contributed by atoms with E-state index in [4.69, 9.17) is 13.8 Å². The van der Waals surface area contributed by atoms with Crippen LogP contribution in [0.2, 0.25) is 0 Å². The maximum absolute atomic E-state index is 12.3. The lowest BCUT2D eigenvalue weighted by Crippen LogP contribution is -2.44. The second kappa shape index (κ2) is 10.0. The quantitative estimate of drug-likeness (QED) is 0.421. The van der Waals surface area contributed by atoms with Gasteiger partial charge in [-0.1, -0.05) is 18.7 Å². The van der Waals surface area contributed by atoms with Crippen LogP contribution in [0.5, 0.6) is 0 Å². The number of thioether (sulfide) groups is 1. The molecule has 0 saturated carbocycles. The number of piperazine rings is 1. The molecule has 1 amide bonds. The predicted molar refractivity (Wildman–Crippen MR) is 119 cm³/mol. The van der Waals surface area contributed by atoms with Crippen molar-refractivity contribution in [2.24, 2.45) is 0 Å². The Balaban J connectivity index is 1.36. The summed E-state index contributed by atoms with van der Waals surface area (Å²) in [6.07, 6.45) is 2.44. The van der Waals surface area contributed by atoms with E-state index in [-0.39, 0.29) is 11.7 Å². The zero-order chi connectivity index (χ0) is 21.6. The van der Waals surface area contributed by atoms with Crippen LogP contribution < -0.4 is 10.2 Å². The third-order valence-corrected chi connectivity index (χ3v) is 6.04. The molecule has 31 heavy (non-hydrogen) atoms. The SMILES string of the molecule is CCc1cc(N2CCN(C)CC2)nc(SCc2ccc(C(=O)NCc3ccco3)o2)n1. The van der Waals surface area contributed by atoms with Crippen molar-refractivity contribution in [3.05, 3.63) is 59.6 Å². The number of amides is 1. The van der Waals surface area contributed by atoms with Crippen LogP contribution in [0.4, 0.5) is 5.82 Å². The maximum Gasteiger partial charge on any atom is 0.287 e. The van der Waals surface area contributed by atoms with Crippen LogP contribution in [0.15, 0.2) is 50.6 Å². The molecule has 9 heteroatoms. The number of rotatable bonds is 8. The van der Waals surface area contributed by atoms with Gasteiger partial charge in [-0.05, 0) is 37.7 Å². The van der Waals surface area contributed by atoms with Gasteiger partial charge < -0.3 is 24.0 Å². The van der Waals surface area contributed by atoms with Crippen LogP contribution >= 0.6 is 11.8 Å². The van der Waals surface area contributed by atoms with Gasteiger partial charge in [0.1, 0.15) is 17.3 Å². The van der Waals surface area contributed by atoms with Crippen LogP contribution in [0.1, 0.15) is 34.7 Å². The second-order valence-corrected chi connectivity index (χ2v) is 8.40. The number of aryl methyl sites for hydroxylation is 1. The van der Waals surface area contributed by atoms with Gasteiger partial charge in [0.25, 0.3) is 5.91 Å². The topological polar surface area (TPSA) is 87.6 Å². The summed E-state index contributed by atoms with van der Waals surface area (Å²) in [4.78, 5) is 26.3. The number of nitrogens with one attached hydrogen (secondary N) is 1. The van der Waals surface area contributed by atoms with Crippen LogP contribution in [-0.2, 0) is 18.7 Å². The lowest BCUT2D eigenvalue weighted by Gasteiger charge is -2.33. The largest absolute Gasteiger partial charge is 0.467 e. The molecule has 4 heterocycles. The van der Waals surface area contributed by atoms with Crippen molar-refractivity contribution >= 4 is 23.5 Å². The molecule has 8 nitrogen and oxygen atoms in total. The number of carbonyl (C=O) groups excluding carboxylic acids is 1. The molecule has 4 rings (SSSR count). The first-order valence-electron chi connectivity index (χ1n) is 10.4. The number of hydrogen-bond donors (Lipinski definition) is 1. The van der Waals surface area contributed by atoms with Crippen molar-refractivity contribution in [2.45, 2.75) is 30.8 Å². The standard InChI is InChI=1S/C22H27N5O3S/c1-3-16-13-20(27-10-8-26(2)9-11-27)25-22(24-16)31-15-18-6-7-19(30-18)21(28)23-14-17-5-4-12-29-17/h4-7,12-13H,3,8-11,14-15H2,1-2H3,(H,23,28). The van der Waals surface area contributed by atoms with Crippen molar-refractivity contribution in [1.82, 2.24) is 20.2 Å². The normalized spacial score (nSPS) is 14.7. The van der Waals surface area contributed by atoms with E-state index in [2.05, 4.69) is 40.1 Å². The smallest absolute Gasteiger partial charge is 0.287 e. The number of carbonyl (C=O) groups is 1. The first-order valence-corrected chi connectivity index (χ1v) is 11.4. The average Bonchev–Trinajstić information content (AvgIpc) is 3.48. The van der Waals surface area contributed by atoms with Crippen LogP contribution in [0, 0.1) is 0 Å². The molecular formula is C22H27N5O3S. The lowest BCUT2D eigenvalue weighted by molar-refractivity contribution is 0.0919. The van der Waals surface area contributed by atoms with E-state index >= 15 is 0 Å². The molecule has 1 N–H and O–H groups in total. The minimum atomic E-state index is -0.269. The van der Waals surface area contributed by atoms with Gasteiger partial charge in [0.05, 0.1) is 18.6 Å². The van der Waals surface area contributed by atoms with E-state index in [1.165, 1.54) is 11.8 Å². The first kappa shape index (κ1) is 21.5. The molecule has 0 atom stereocenters. The Labute approximate surface area is 186 Å². The van der Waals surface area contributed by atoms with E-state index in [1.54, 1.807) is 18.4 Å². The monoisotopic (exact) mass is 441 g/mol. The number of anilines is 1. The highest BCUT2D eigenvalue weighted by molar-refractivity contribution is 7.98. The highest BCUT2D eigenvalue weighted by atomic mass is 32.2. The number of hydrogen-bond acceptors (Lipinski definition) is 8. The Hall–Kier alpha value is -2.78. The number of furan rings is 2. The summed E-state index contributed by atoms with van der Waals surface area (Å²) in [6, 6.07) is 9.19. The molecule has 1 aliphatic rings. The minimum absolute atomic E-state index is 0.269. The molecule has 1 fully saturated rings. The van der Waals surface area contributed by atoms with Crippen molar-refractivity contribution in [3.8, 4) is 0 Å². The summed E-state index contributed by atoms with van der Waals surface area (Å²) in [5, 5.41) is 3.51. The zero-order valence-corrected chi connectivity index (χ0v) is 18.7. The summed E-state index contributed by atoms with van der Waals surface area (Å²) in [5.74, 6) is 2.96. The zero-order valence-electron chi connectivity index (χ0n) is 17.8. The molecular weight excluding hydrogens is 414 g/mol. The fraction of sp³-hybridized carbons (Fsp3) is 0.409. The van der Waals surface area contributed by atoms with Gasteiger partial charge in [-0.2, -0.15) is 0 Å². The predicted octanol–water partition coefficient (Wildman–Crippen LogP) is 3.20. The molecule has 1 aliphatic heterocycles. The Kier molecular flexibility index (Phi) is 6.93. The molecule has 0 radical (unpaired) electrons. The molecule has 0 unspecified atom stereocenters. The van der Waals surface area contributed by atoms with E-state index in [0.717, 1.165) is 49.3 Å². The van der Waals surface area contributed by atoms with Gasteiger partial charge in [0.2, 0.25) is 0 Å². The van der Waals surface area contributed by atoms with Crippen LogP contribution in [-0.4, -0.2) is 54.0 Å². The minimum Gasteiger partial charge on any atom is -0.467 e. The van der Waals surface area contributed by atoms with Crippen molar-refractivity contribution in [2.75, 3.05) is 38.1 Å². The van der Waals surface area contributed by atoms with Gasteiger partial charge in [-0.25, -0.2) is 9.97 Å². The van der Waals surface area contributed by atoms with Crippen LogP contribution in [0.25, 0.3) is 0 Å². The van der Waals surface area contributed by atoms with Gasteiger partial charge in [-0.15, -0.1) is 0 Å². The Morgan fingerprint density at radius 3 is 2.74 bits per heavy atom. The Morgan fingerprint density at radius 1 is 1.16 bits per heavy atom. The molecule has 0 spiro atoms. The molecule has 0 aliphatic carbocycles. The van der Waals surface area contributed by atoms with Gasteiger partial charge >= 0.3 is 0 Å². The second-order valence-electron chi connectivity index (χ2n) is 7.46. The maximum atomic E-state index is 12.3. The highest BCUT2D eigenvalue weighted by Gasteiger charge is 2.18. The van der Waals surface area contributed by atoms with Gasteiger partial charge in [0.15, 0.2) is 10.9 Å². The summed E-state index contributed by atoms with van der Waals surface area (Å²) >= 11 is 1.52. The Morgan fingerprint density at radius 2 is 2.00 bits per heavy atom. The summed E-state index contributed by atoms with van der Waals surface area (Å²) in [6.45, 7) is 6.43. The number of likely N-dealkylation sites (N-methyl/N-ethyl adjacent to an activating group) is 1. The van der Waals surface area contributed by atoms with E-state index < -0.39 is 0 Å². The summed E-state index contributed by atoms with van der Waals surface area (Å²) < 4.78 is 10.9. The fourth-order valence-corrected chi connectivity index (χ4v) is 4.05. The molecule has 1 saturated heterocycles. The third-order valence-electron chi connectivity index (χ3n) is 5.17. The van der Waals surface area contributed by atoms with Gasteiger partial charge in [0, 0.05) is 37.9 Å². The third kappa shape index (κ3) is 5.68. The molecule has 164 valence electrons. The van der Waals surface area contributed by atoms with Gasteiger partial charge in [-0.3, -0.25) is 4.79 Å². The van der Waals surface area contributed by atoms with Crippen molar-refractivity contribution < 1.29 is 13.6 Å². The fourth-order valence-electron chi connectivity index (χ4n) is 3.28. The highest BCUT2D eigenvalue weighted by Crippen LogP contribution is 2.24. The number of nitrogens with zero attached hydrogens (tertiary/aromatic N) is 4. The molecule has 0 bridgehead atoms. The summed E-state index contributed by atoms with van der Waals surface area (Å²) in [5.41, 5.74) is 1.03. The van der Waals surface area contributed by atoms with E-state index in [0.29, 0.717) is 23.8 Å². The number of aromatic nitrogens is 2. The van der Waals surface area contributed by atoms with E-state index in [9.17, 15) is 4.79 Å². The molecule has 3 aromatic heterocycles. The summed E-state index contributed by atoms with van der Waals surface area (Å²) in [7, 11) is 2.14. The van der Waals surface area contributed by atoms with E-state index in [1.807, 2.05) is 12.1 Å². The van der Waals surface area contributed by atoms with Crippen molar-refractivity contribution in [1.29, 1.82) is 0 Å². The average molecular weight is 442 g/mol. The first-order chi connectivity index (χ1) is 15.1. The Bertz CT molecular complexity index is 997. The molecule has 3 aromatic rings.